The van der Waals surface area contributed by atoms with Gasteiger partial charge in [-0.3, -0.25) is 9.59 Å². The molecule has 18 heavy (non-hydrogen) atoms. The van der Waals surface area contributed by atoms with Crippen LogP contribution >= 0.6 is 0 Å². The van der Waals surface area contributed by atoms with Crippen molar-refractivity contribution in [3.8, 4) is 0 Å². The minimum atomic E-state index is -0.723. The molecule has 94 valence electrons. The molecule has 1 aromatic carbocycles. The predicted molar refractivity (Wildman–Crippen MR) is 63.0 cm³/mol. The van der Waals surface area contributed by atoms with Gasteiger partial charge in [0.1, 0.15) is 11.6 Å². The molecule has 0 saturated carbocycles. The van der Waals surface area contributed by atoms with E-state index in [9.17, 15) is 18.8 Å². The molecule has 0 bridgehead atoms. The van der Waals surface area contributed by atoms with Crippen LogP contribution in [0.2, 0.25) is 0 Å². The SMILES string of the molecule is CC(=O)CCCN1C(=O)C(=O)c2cccc(F)c21. The van der Waals surface area contributed by atoms with Crippen LogP contribution in [0.1, 0.15) is 30.1 Å². The second-order valence-corrected chi connectivity index (χ2v) is 4.23. The summed E-state index contributed by atoms with van der Waals surface area (Å²) in [6.45, 7) is 1.63. The first-order chi connectivity index (χ1) is 8.52. The first-order valence-corrected chi connectivity index (χ1v) is 5.66. The summed E-state index contributed by atoms with van der Waals surface area (Å²) in [5.74, 6) is -2.00. The highest BCUT2D eigenvalue weighted by Gasteiger charge is 2.37. The van der Waals surface area contributed by atoms with E-state index in [0.29, 0.717) is 12.8 Å². The molecule has 1 amide bonds. The predicted octanol–water partition coefficient (Wildman–Crippen LogP) is 1.72. The normalized spacial score (nSPS) is 14.0. The molecule has 5 heteroatoms. The molecule has 1 aromatic rings. The number of hydrogen-bond acceptors (Lipinski definition) is 3. The summed E-state index contributed by atoms with van der Waals surface area (Å²) in [5, 5.41) is 0. The Hall–Kier alpha value is -2.04. The number of ketones is 2. The number of carbonyl (C=O) groups is 3. The van der Waals surface area contributed by atoms with Gasteiger partial charge in [-0.25, -0.2) is 4.39 Å². The molecule has 0 spiro atoms. The van der Waals surface area contributed by atoms with Gasteiger partial charge < -0.3 is 9.69 Å². The second-order valence-electron chi connectivity index (χ2n) is 4.23. The van der Waals surface area contributed by atoms with Crippen LogP contribution in [0.25, 0.3) is 0 Å². The van der Waals surface area contributed by atoms with Gasteiger partial charge in [0.15, 0.2) is 0 Å². The van der Waals surface area contributed by atoms with E-state index in [-0.39, 0.29) is 23.6 Å². The zero-order valence-electron chi connectivity index (χ0n) is 9.90. The largest absolute Gasteiger partial charge is 0.302 e. The van der Waals surface area contributed by atoms with Gasteiger partial charge in [-0.05, 0) is 25.5 Å². The standard InChI is InChI=1S/C13H12FNO3/c1-8(16)4-3-7-15-11-9(12(17)13(15)18)5-2-6-10(11)14/h2,5-6H,3-4,7H2,1H3. The fourth-order valence-electron chi connectivity index (χ4n) is 2.01. The number of Topliss-reactive ketones (excluding diaryl/α,β-unsaturated/α-hetero) is 2. The summed E-state index contributed by atoms with van der Waals surface area (Å²) in [4.78, 5) is 35.3. The summed E-state index contributed by atoms with van der Waals surface area (Å²) in [7, 11) is 0. The van der Waals surface area contributed by atoms with Gasteiger partial charge in [0, 0.05) is 13.0 Å². The molecule has 1 heterocycles. The van der Waals surface area contributed by atoms with Gasteiger partial charge in [0.05, 0.1) is 11.3 Å². The molecule has 0 aliphatic carbocycles. The molecule has 2 rings (SSSR count). The smallest absolute Gasteiger partial charge is 0.299 e. The number of halogens is 1. The summed E-state index contributed by atoms with van der Waals surface area (Å²) in [5.41, 5.74) is 0.138. The molecule has 0 unspecified atom stereocenters. The maximum atomic E-state index is 13.7. The van der Waals surface area contributed by atoms with Crippen molar-refractivity contribution in [2.75, 3.05) is 11.4 Å². The zero-order valence-corrected chi connectivity index (χ0v) is 9.90. The highest BCUT2D eigenvalue weighted by molar-refractivity contribution is 6.52. The molecule has 0 aromatic heterocycles. The second kappa shape index (κ2) is 4.68. The van der Waals surface area contributed by atoms with E-state index < -0.39 is 17.5 Å². The number of rotatable bonds is 4. The van der Waals surface area contributed by atoms with E-state index in [2.05, 4.69) is 0 Å². The Bertz CT molecular complexity index is 539. The monoisotopic (exact) mass is 249 g/mol. The maximum absolute atomic E-state index is 13.7. The molecule has 0 radical (unpaired) electrons. The fourth-order valence-corrected chi connectivity index (χ4v) is 2.01. The topological polar surface area (TPSA) is 54.5 Å². The molecule has 1 aliphatic rings. The lowest BCUT2D eigenvalue weighted by Gasteiger charge is -2.16. The molecular weight excluding hydrogens is 237 g/mol. The van der Waals surface area contributed by atoms with Crippen molar-refractivity contribution in [2.24, 2.45) is 0 Å². The number of para-hydroxylation sites is 1. The third-order valence-electron chi connectivity index (χ3n) is 2.85. The summed E-state index contributed by atoms with van der Waals surface area (Å²) in [6.07, 6.45) is 0.726. The Morgan fingerprint density at radius 3 is 2.72 bits per heavy atom. The number of anilines is 1. The maximum Gasteiger partial charge on any atom is 0.299 e. The molecule has 1 aliphatic heterocycles. The number of amides is 1. The van der Waals surface area contributed by atoms with E-state index >= 15 is 0 Å². The molecule has 0 N–H and O–H groups in total. The molecule has 4 nitrogen and oxygen atoms in total. The van der Waals surface area contributed by atoms with E-state index in [1.54, 1.807) is 0 Å². The van der Waals surface area contributed by atoms with Crippen molar-refractivity contribution in [1.82, 2.24) is 0 Å². The summed E-state index contributed by atoms with van der Waals surface area (Å²) >= 11 is 0. The van der Waals surface area contributed by atoms with E-state index in [1.165, 1.54) is 25.1 Å². The number of fused-ring (bicyclic) bond motifs is 1. The Morgan fingerprint density at radius 2 is 2.06 bits per heavy atom. The fraction of sp³-hybridized carbons (Fsp3) is 0.308. The number of hydrogen-bond donors (Lipinski definition) is 0. The van der Waals surface area contributed by atoms with E-state index in [0.717, 1.165) is 4.90 Å². The van der Waals surface area contributed by atoms with Crippen LogP contribution in [0.15, 0.2) is 18.2 Å². The minimum absolute atomic E-state index is 0.00160. The van der Waals surface area contributed by atoms with Gasteiger partial charge in [-0.1, -0.05) is 6.07 Å². The van der Waals surface area contributed by atoms with Gasteiger partial charge in [0.2, 0.25) is 0 Å². The quantitative estimate of drug-likeness (QED) is 0.763. The van der Waals surface area contributed by atoms with Gasteiger partial charge in [-0.2, -0.15) is 0 Å². The third-order valence-corrected chi connectivity index (χ3v) is 2.85. The summed E-state index contributed by atoms with van der Waals surface area (Å²) in [6, 6.07) is 4.05. The minimum Gasteiger partial charge on any atom is -0.302 e. The Balaban J connectivity index is 2.25. The van der Waals surface area contributed by atoms with Crippen molar-refractivity contribution in [1.29, 1.82) is 0 Å². The Morgan fingerprint density at radius 1 is 1.33 bits per heavy atom. The van der Waals surface area contributed by atoms with Crippen LogP contribution in [0.3, 0.4) is 0 Å². The van der Waals surface area contributed by atoms with Crippen molar-refractivity contribution in [2.45, 2.75) is 19.8 Å². The number of carbonyl (C=O) groups excluding carboxylic acids is 3. The van der Waals surface area contributed by atoms with Crippen LogP contribution in [-0.4, -0.2) is 24.0 Å². The first-order valence-electron chi connectivity index (χ1n) is 5.66. The van der Waals surface area contributed by atoms with E-state index in [1.807, 2.05) is 0 Å². The average Bonchev–Trinajstić information content (AvgIpc) is 2.55. The van der Waals surface area contributed by atoms with Gasteiger partial charge in [-0.15, -0.1) is 0 Å². The lowest BCUT2D eigenvalue weighted by molar-refractivity contribution is -0.117. The number of benzene rings is 1. The lowest BCUT2D eigenvalue weighted by Crippen LogP contribution is -2.31. The highest BCUT2D eigenvalue weighted by Crippen LogP contribution is 2.31. The van der Waals surface area contributed by atoms with Crippen molar-refractivity contribution >= 4 is 23.2 Å². The molecule has 0 saturated heterocycles. The van der Waals surface area contributed by atoms with Crippen LogP contribution in [-0.2, 0) is 9.59 Å². The zero-order chi connectivity index (χ0) is 13.3. The lowest BCUT2D eigenvalue weighted by atomic mass is 10.1. The molecule has 0 fully saturated rings. The van der Waals surface area contributed by atoms with Crippen LogP contribution in [0.5, 0.6) is 0 Å². The van der Waals surface area contributed by atoms with E-state index in [4.69, 9.17) is 0 Å². The molecule has 0 atom stereocenters. The summed E-state index contributed by atoms with van der Waals surface area (Å²) < 4.78 is 13.7. The van der Waals surface area contributed by atoms with Crippen molar-refractivity contribution in [3.05, 3.63) is 29.6 Å². The van der Waals surface area contributed by atoms with Gasteiger partial charge in [0.25, 0.3) is 11.7 Å². The van der Waals surface area contributed by atoms with Crippen LogP contribution in [0.4, 0.5) is 10.1 Å². The molecular formula is C13H12FNO3. The highest BCUT2D eigenvalue weighted by atomic mass is 19.1. The van der Waals surface area contributed by atoms with Crippen LogP contribution in [0, 0.1) is 5.82 Å². The third kappa shape index (κ3) is 2.03. The van der Waals surface area contributed by atoms with Crippen molar-refractivity contribution < 1.29 is 18.8 Å². The average molecular weight is 249 g/mol. The van der Waals surface area contributed by atoms with Crippen LogP contribution < -0.4 is 4.90 Å². The Labute approximate surface area is 103 Å². The van der Waals surface area contributed by atoms with Gasteiger partial charge >= 0.3 is 0 Å². The first kappa shape index (κ1) is 12.4. The van der Waals surface area contributed by atoms with Crippen molar-refractivity contribution in [3.63, 3.8) is 0 Å². The number of nitrogens with zero attached hydrogens (tertiary/aromatic N) is 1. The Kier molecular flexibility index (Phi) is 3.23.